The molecular formula is C41H53FN6O7S. The van der Waals surface area contributed by atoms with Gasteiger partial charge in [-0.2, -0.15) is 10.00 Å². The Morgan fingerprint density at radius 1 is 0.839 bits per heavy atom. The van der Waals surface area contributed by atoms with E-state index in [4.69, 9.17) is 23.9 Å². The summed E-state index contributed by atoms with van der Waals surface area (Å²) < 4.78 is 42.1. The summed E-state index contributed by atoms with van der Waals surface area (Å²) in [6.45, 7) is 16.8. The van der Waals surface area contributed by atoms with Crippen LogP contribution in [0.25, 0.3) is 32.5 Å². The molecule has 4 aromatic rings. The van der Waals surface area contributed by atoms with Crippen molar-refractivity contribution in [2.45, 2.75) is 123 Å². The fourth-order valence-electron chi connectivity index (χ4n) is 6.68. The van der Waals surface area contributed by atoms with E-state index in [2.05, 4.69) is 10.1 Å². The van der Waals surface area contributed by atoms with Crippen molar-refractivity contribution >= 4 is 46.2 Å². The number of carbonyl (C=O) groups excluding carboxylic acids is 3. The summed E-state index contributed by atoms with van der Waals surface area (Å²) >= 11 is 1.45. The molecule has 15 heteroatoms. The number of anilines is 1. The van der Waals surface area contributed by atoms with Crippen LogP contribution in [0.2, 0.25) is 0 Å². The SMILES string of the molecule is CN(Cc1nc(-c2cnc(N(C(=O)OC(C)(C)C)C(=O)OC(C)(C)C)c3c(F)c(-c4cnn(C)c4C4CC4)ccc23)sc1C1CCOCC1)C(=O)OC(C)(C)C. The second-order valence-electron chi connectivity index (χ2n) is 17.5. The molecule has 1 aliphatic carbocycles. The Balaban J connectivity index is 1.57. The molecule has 3 aromatic heterocycles. The van der Waals surface area contributed by atoms with Crippen LogP contribution < -0.4 is 4.90 Å². The summed E-state index contributed by atoms with van der Waals surface area (Å²) in [4.78, 5) is 53.8. The van der Waals surface area contributed by atoms with E-state index in [1.807, 2.05) is 27.8 Å². The van der Waals surface area contributed by atoms with Gasteiger partial charge in [0.15, 0.2) is 5.82 Å². The van der Waals surface area contributed by atoms with E-state index in [9.17, 15) is 14.4 Å². The summed E-state index contributed by atoms with van der Waals surface area (Å²) in [5.41, 5.74) is 0.266. The molecule has 0 unspecified atom stereocenters. The van der Waals surface area contributed by atoms with Crippen molar-refractivity contribution in [2.24, 2.45) is 7.05 Å². The average Bonchev–Trinajstić information content (AvgIpc) is 3.72. The number of fused-ring (bicyclic) bond motifs is 1. The van der Waals surface area contributed by atoms with Gasteiger partial charge in [-0.25, -0.2) is 28.7 Å². The molecule has 2 aliphatic rings. The van der Waals surface area contributed by atoms with Crippen molar-refractivity contribution < 1.29 is 37.7 Å². The van der Waals surface area contributed by atoms with Crippen LogP contribution in [-0.4, -0.2) is 80.0 Å². The first-order valence-electron chi connectivity index (χ1n) is 19.0. The predicted molar refractivity (Wildman–Crippen MR) is 212 cm³/mol. The minimum atomic E-state index is -1.07. The molecule has 0 atom stereocenters. The van der Waals surface area contributed by atoms with Gasteiger partial charge < -0.3 is 23.8 Å². The third kappa shape index (κ3) is 9.15. The van der Waals surface area contributed by atoms with Gasteiger partial charge in [-0.3, -0.25) is 4.68 Å². The van der Waals surface area contributed by atoms with Crippen molar-refractivity contribution in [2.75, 3.05) is 25.2 Å². The number of benzene rings is 1. The minimum Gasteiger partial charge on any atom is -0.444 e. The van der Waals surface area contributed by atoms with Crippen LogP contribution in [0.1, 0.15) is 116 Å². The summed E-state index contributed by atoms with van der Waals surface area (Å²) in [6.07, 6.45) is 3.99. The molecule has 56 heavy (non-hydrogen) atoms. The van der Waals surface area contributed by atoms with Gasteiger partial charge in [-0.15, -0.1) is 11.3 Å². The van der Waals surface area contributed by atoms with E-state index >= 15 is 4.39 Å². The zero-order valence-electron chi connectivity index (χ0n) is 34.2. The molecule has 1 saturated heterocycles. The Morgan fingerprint density at radius 3 is 2.00 bits per heavy atom. The molecule has 3 amide bonds. The molecular weight excluding hydrogens is 740 g/mol. The summed E-state index contributed by atoms with van der Waals surface area (Å²) in [5.74, 6) is -0.604. The molecule has 0 bridgehead atoms. The number of rotatable bonds is 7. The second kappa shape index (κ2) is 15.4. The van der Waals surface area contributed by atoms with Crippen LogP contribution in [0, 0.1) is 5.82 Å². The molecule has 13 nitrogen and oxygen atoms in total. The molecule has 1 aliphatic heterocycles. The molecule has 4 heterocycles. The number of carbonyl (C=O) groups is 3. The number of hydrogen-bond donors (Lipinski definition) is 0. The van der Waals surface area contributed by atoms with E-state index in [0.29, 0.717) is 45.3 Å². The lowest BCUT2D eigenvalue weighted by Crippen LogP contribution is -2.44. The maximum atomic E-state index is 17.6. The number of amides is 3. The standard InChI is InChI=1S/C41H53FN6O7S/c1-39(2,3)53-36(49)46(10)22-29-33(24-16-18-52-19-17-24)56-35(45-29)28-20-43-34(48(37(50)54-40(4,5)6)38(51)55-41(7,8)9)30-25(28)14-15-26(31(30)42)27-21-44-47(11)32(27)23-12-13-23/h14-15,20-21,23-24H,12-13,16-19,22H2,1-11H3. The maximum Gasteiger partial charge on any atom is 0.425 e. The van der Waals surface area contributed by atoms with E-state index in [1.54, 1.807) is 71.6 Å². The zero-order valence-corrected chi connectivity index (χ0v) is 35.1. The summed E-state index contributed by atoms with van der Waals surface area (Å²) in [5, 5.41) is 5.29. The number of aryl methyl sites for hydroxylation is 1. The van der Waals surface area contributed by atoms with Crippen LogP contribution in [0.3, 0.4) is 0 Å². The highest BCUT2D eigenvalue weighted by Crippen LogP contribution is 2.47. The highest BCUT2D eigenvalue weighted by atomic mass is 32.1. The van der Waals surface area contributed by atoms with Gasteiger partial charge in [0, 0.05) is 72.1 Å². The molecule has 1 aromatic carbocycles. The number of aromatic nitrogens is 4. The van der Waals surface area contributed by atoms with Crippen molar-refractivity contribution in [3.63, 3.8) is 0 Å². The monoisotopic (exact) mass is 792 g/mol. The van der Waals surface area contributed by atoms with Gasteiger partial charge in [0.2, 0.25) is 0 Å². The van der Waals surface area contributed by atoms with Crippen molar-refractivity contribution in [3.8, 4) is 21.7 Å². The topological polar surface area (TPSA) is 138 Å². The van der Waals surface area contributed by atoms with Gasteiger partial charge >= 0.3 is 18.3 Å². The predicted octanol–water partition coefficient (Wildman–Crippen LogP) is 9.71. The average molecular weight is 793 g/mol. The number of hydrogen-bond acceptors (Lipinski definition) is 11. The number of imide groups is 1. The second-order valence-corrected chi connectivity index (χ2v) is 18.6. The normalized spacial score (nSPS) is 15.5. The van der Waals surface area contributed by atoms with Gasteiger partial charge in [0.05, 0.1) is 23.8 Å². The number of pyridine rings is 1. The van der Waals surface area contributed by atoms with E-state index in [-0.39, 0.29) is 35.1 Å². The van der Waals surface area contributed by atoms with Gasteiger partial charge in [0.25, 0.3) is 0 Å². The van der Waals surface area contributed by atoms with Crippen LogP contribution in [0.15, 0.2) is 24.5 Å². The van der Waals surface area contributed by atoms with E-state index < -0.39 is 40.9 Å². The molecule has 0 spiro atoms. The van der Waals surface area contributed by atoms with Gasteiger partial charge in [-0.05, 0) is 93.9 Å². The van der Waals surface area contributed by atoms with Gasteiger partial charge in [0.1, 0.15) is 27.6 Å². The number of halogens is 1. The summed E-state index contributed by atoms with van der Waals surface area (Å²) in [6, 6.07) is 3.46. The number of thiazole rings is 1. The smallest absolute Gasteiger partial charge is 0.425 e. The molecule has 302 valence electrons. The Morgan fingerprint density at radius 2 is 1.43 bits per heavy atom. The Kier molecular flexibility index (Phi) is 11.3. The van der Waals surface area contributed by atoms with Crippen LogP contribution >= 0.6 is 11.3 Å². The first-order chi connectivity index (χ1) is 26.1. The van der Waals surface area contributed by atoms with E-state index in [0.717, 1.165) is 36.3 Å². The van der Waals surface area contributed by atoms with Crippen molar-refractivity contribution in [1.29, 1.82) is 0 Å². The van der Waals surface area contributed by atoms with Crippen LogP contribution in [-0.2, 0) is 32.5 Å². The van der Waals surface area contributed by atoms with Crippen molar-refractivity contribution in [1.82, 2.24) is 24.6 Å². The lowest BCUT2D eigenvalue weighted by Gasteiger charge is -2.29. The fourth-order valence-corrected chi connectivity index (χ4v) is 7.95. The third-order valence-electron chi connectivity index (χ3n) is 9.22. The molecule has 2 fully saturated rings. The number of nitrogens with zero attached hydrogens (tertiary/aromatic N) is 6. The quantitative estimate of drug-likeness (QED) is 0.166. The van der Waals surface area contributed by atoms with Crippen molar-refractivity contribution in [3.05, 3.63) is 46.6 Å². The lowest BCUT2D eigenvalue weighted by atomic mass is 9.97. The third-order valence-corrected chi connectivity index (χ3v) is 10.5. The van der Waals surface area contributed by atoms with Crippen LogP contribution in [0.5, 0.6) is 0 Å². The largest absolute Gasteiger partial charge is 0.444 e. The molecule has 0 N–H and O–H groups in total. The maximum absolute atomic E-state index is 17.6. The Labute approximate surface area is 331 Å². The highest BCUT2D eigenvalue weighted by molar-refractivity contribution is 7.15. The first-order valence-corrected chi connectivity index (χ1v) is 19.8. The molecule has 0 radical (unpaired) electrons. The highest BCUT2D eigenvalue weighted by Gasteiger charge is 2.38. The number of ether oxygens (including phenoxy) is 4. The zero-order chi connectivity index (χ0) is 40.9. The van der Waals surface area contributed by atoms with Gasteiger partial charge in [-0.1, -0.05) is 12.1 Å². The Bertz CT molecular complexity index is 2110. The minimum absolute atomic E-state index is 0.0856. The lowest BCUT2D eigenvalue weighted by molar-refractivity contribution is 0.0280. The van der Waals surface area contributed by atoms with E-state index in [1.165, 1.54) is 22.4 Å². The fraction of sp³-hybridized carbons (Fsp3) is 0.561. The first kappa shape index (κ1) is 41.0. The Hall–Kier alpha value is -4.63. The summed E-state index contributed by atoms with van der Waals surface area (Å²) in [7, 11) is 3.50. The molecule has 1 saturated carbocycles. The molecule has 6 rings (SSSR count). The van der Waals surface area contributed by atoms with Crippen LogP contribution in [0.4, 0.5) is 24.6 Å².